The minimum Gasteiger partial charge on any atom is -0.497 e. The Morgan fingerprint density at radius 2 is 1.41 bits per heavy atom. The fourth-order valence-corrected chi connectivity index (χ4v) is 7.56. The largest absolute Gasteiger partial charge is 0.497 e. The number of carbonyl (C=O) groups excluding carboxylic acids is 1. The van der Waals surface area contributed by atoms with E-state index in [1.807, 2.05) is 84.9 Å². The maximum atomic E-state index is 15.1. The summed E-state index contributed by atoms with van der Waals surface area (Å²) in [7, 11) is -1.56. The predicted octanol–water partition coefficient (Wildman–Crippen LogP) is 5.87. The molecule has 0 fully saturated rings. The van der Waals surface area contributed by atoms with Gasteiger partial charge in [-0.05, 0) is 24.1 Å². The Hall–Kier alpha value is -2.84. The minimum atomic E-state index is -3.17. The predicted molar refractivity (Wildman–Crippen MR) is 131 cm³/mol. The second-order valence-corrected chi connectivity index (χ2v) is 10.9. The van der Waals surface area contributed by atoms with Crippen LogP contribution in [0.15, 0.2) is 84.9 Å². The molecule has 32 heavy (non-hydrogen) atoms. The van der Waals surface area contributed by atoms with Gasteiger partial charge in [0.05, 0.1) is 12.8 Å². The lowest BCUT2D eigenvalue weighted by atomic mass is 10.0. The highest BCUT2D eigenvalue weighted by Crippen LogP contribution is 2.55. The van der Waals surface area contributed by atoms with Gasteiger partial charge in [0.25, 0.3) is 0 Å². The van der Waals surface area contributed by atoms with Crippen molar-refractivity contribution in [3.05, 3.63) is 90.5 Å². The molecule has 0 unspecified atom stereocenters. The van der Waals surface area contributed by atoms with Gasteiger partial charge in [0.2, 0.25) is 0 Å². The third kappa shape index (κ3) is 5.31. The van der Waals surface area contributed by atoms with Gasteiger partial charge in [-0.25, -0.2) is 0 Å². The van der Waals surface area contributed by atoms with Crippen molar-refractivity contribution >= 4 is 23.7 Å². The zero-order chi connectivity index (χ0) is 23.0. The van der Waals surface area contributed by atoms with Gasteiger partial charge >= 0.3 is 5.97 Å². The second-order valence-electron chi connectivity index (χ2n) is 7.84. The molecule has 5 heteroatoms. The van der Waals surface area contributed by atoms with Crippen molar-refractivity contribution in [2.24, 2.45) is 0 Å². The van der Waals surface area contributed by atoms with Crippen molar-refractivity contribution in [1.82, 2.24) is 0 Å². The molecular weight excluding hydrogens is 419 g/mol. The highest BCUT2D eigenvalue weighted by Gasteiger charge is 2.43. The molecule has 0 heterocycles. The number of unbranched alkanes of at least 4 members (excludes halogenated alkanes) is 1. The van der Waals surface area contributed by atoms with Gasteiger partial charge in [-0.2, -0.15) is 0 Å². The molecule has 0 aromatic heterocycles. The van der Waals surface area contributed by atoms with Crippen molar-refractivity contribution in [2.45, 2.75) is 44.9 Å². The molecule has 3 rings (SSSR count). The average Bonchev–Trinajstić information content (AvgIpc) is 2.84. The molecule has 0 amide bonds. The van der Waals surface area contributed by atoms with Gasteiger partial charge in [-0.3, -0.25) is 4.79 Å². The van der Waals surface area contributed by atoms with Gasteiger partial charge in [0.1, 0.15) is 19.0 Å². The standard InChI is InChI=1S/C27H31O4P/c1-4-5-16-26(27(31-21(2)28)22-17-19-23(30-3)20-18-22)32(29,24-12-8-6-9-13-24)25-14-10-7-11-15-25/h6-15,17-20,26-27H,4-5,16H2,1-3H3/t26-,27-/m1/s1. The number of esters is 1. The number of hydrogen-bond donors (Lipinski definition) is 0. The molecule has 0 saturated heterocycles. The molecule has 0 bridgehead atoms. The van der Waals surface area contributed by atoms with Gasteiger partial charge in [-0.15, -0.1) is 0 Å². The van der Waals surface area contributed by atoms with E-state index in [-0.39, 0.29) is 5.97 Å². The zero-order valence-corrected chi connectivity index (χ0v) is 19.8. The summed E-state index contributed by atoms with van der Waals surface area (Å²) in [6.07, 6.45) is 1.86. The molecule has 3 aromatic rings. The average molecular weight is 451 g/mol. The van der Waals surface area contributed by atoms with E-state index in [9.17, 15) is 4.79 Å². The third-order valence-electron chi connectivity index (χ3n) is 5.69. The highest BCUT2D eigenvalue weighted by atomic mass is 31.2. The maximum Gasteiger partial charge on any atom is 0.303 e. The first-order chi connectivity index (χ1) is 15.5. The molecule has 0 aliphatic rings. The third-order valence-corrected chi connectivity index (χ3v) is 9.28. The first-order valence-electron chi connectivity index (χ1n) is 11.0. The van der Waals surface area contributed by atoms with Crippen LogP contribution >= 0.6 is 7.14 Å². The van der Waals surface area contributed by atoms with Crippen LogP contribution in [-0.4, -0.2) is 18.7 Å². The molecule has 3 aromatic carbocycles. The summed E-state index contributed by atoms with van der Waals surface area (Å²) in [4.78, 5) is 12.2. The molecular formula is C27H31O4P. The fourth-order valence-electron chi connectivity index (χ4n) is 4.11. The van der Waals surface area contributed by atoms with E-state index >= 15 is 4.57 Å². The summed E-state index contributed by atoms with van der Waals surface area (Å²) in [6, 6.07) is 26.7. The Labute approximate surface area is 191 Å². The van der Waals surface area contributed by atoms with Crippen LogP contribution in [0.25, 0.3) is 0 Å². The summed E-state index contributed by atoms with van der Waals surface area (Å²) in [5.41, 5.74) is 0.415. The van der Waals surface area contributed by atoms with Crippen LogP contribution in [-0.2, 0) is 14.1 Å². The molecule has 168 valence electrons. The summed E-state index contributed by atoms with van der Waals surface area (Å²) in [6.45, 7) is 3.52. The van der Waals surface area contributed by atoms with E-state index in [2.05, 4.69) is 6.92 Å². The van der Waals surface area contributed by atoms with Crippen LogP contribution in [0.4, 0.5) is 0 Å². The lowest BCUT2D eigenvalue weighted by molar-refractivity contribution is -0.146. The Kier molecular flexibility index (Phi) is 8.30. The Morgan fingerprint density at radius 3 is 1.84 bits per heavy atom. The number of rotatable bonds is 10. The van der Waals surface area contributed by atoms with Crippen LogP contribution in [0.3, 0.4) is 0 Å². The summed E-state index contributed by atoms with van der Waals surface area (Å²) in [5, 5.41) is 1.55. The van der Waals surface area contributed by atoms with E-state index in [0.717, 1.165) is 34.8 Å². The smallest absolute Gasteiger partial charge is 0.303 e. The molecule has 0 saturated carbocycles. The van der Waals surface area contributed by atoms with E-state index in [1.165, 1.54) is 6.92 Å². The van der Waals surface area contributed by atoms with Crippen molar-refractivity contribution in [1.29, 1.82) is 0 Å². The van der Waals surface area contributed by atoms with Gasteiger partial charge in [0, 0.05) is 17.5 Å². The lowest BCUT2D eigenvalue weighted by Crippen LogP contribution is -2.32. The van der Waals surface area contributed by atoms with Crippen molar-refractivity contribution < 1.29 is 18.8 Å². The topological polar surface area (TPSA) is 52.6 Å². The SMILES string of the molecule is CCCC[C@H]([C@H](OC(C)=O)c1ccc(OC)cc1)P(=O)(c1ccccc1)c1ccccc1. The van der Waals surface area contributed by atoms with E-state index in [1.54, 1.807) is 7.11 Å². The molecule has 0 N–H and O–H groups in total. The number of benzene rings is 3. The molecule has 0 aliphatic heterocycles. The Morgan fingerprint density at radius 1 is 0.875 bits per heavy atom. The first kappa shape index (κ1) is 23.8. The Bertz CT molecular complexity index is 989. The van der Waals surface area contributed by atoms with Crippen LogP contribution in [0.2, 0.25) is 0 Å². The quantitative estimate of drug-likeness (QED) is 0.286. The summed E-state index contributed by atoms with van der Waals surface area (Å²) < 4.78 is 26.3. The normalized spacial score (nSPS) is 13.2. The monoisotopic (exact) mass is 450 g/mol. The van der Waals surface area contributed by atoms with Crippen LogP contribution in [0.5, 0.6) is 5.75 Å². The van der Waals surface area contributed by atoms with Crippen molar-refractivity contribution in [3.8, 4) is 5.75 Å². The van der Waals surface area contributed by atoms with Gasteiger partial charge in [-0.1, -0.05) is 92.6 Å². The minimum absolute atomic E-state index is 0.389. The number of hydrogen-bond acceptors (Lipinski definition) is 4. The van der Waals surface area contributed by atoms with Crippen molar-refractivity contribution in [2.75, 3.05) is 7.11 Å². The zero-order valence-electron chi connectivity index (χ0n) is 18.9. The first-order valence-corrected chi connectivity index (χ1v) is 12.8. The maximum absolute atomic E-state index is 15.1. The van der Waals surface area contributed by atoms with Crippen LogP contribution < -0.4 is 15.3 Å². The summed E-state index contributed by atoms with van der Waals surface area (Å²) in [5.74, 6) is 0.328. The van der Waals surface area contributed by atoms with E-state index in [0.29, 0.717) is 6.42 Å². The molecule has 0 aliphatic carbocycles. The lowest BCUT2D eigenvalue weighted by Gasteiger charge is -2.34. The molecule has 2 atom stereocenters. The van der Waals surface area contributed by atoms with Gasteiger partial charge in [0.15, 0.2) is 0 Å². The van der Waals surface area contributed by atoms with Gasteiger partial charge < -0.3 is 14.0 Å². The second kappa shape index (κ2) is 11.2. The van der Waals surface area contributed by atoms with Crippen molar-refractivity contribution in [3.63, 3.8) is 0 Å². The molecule has 0 radical (unpaired) electrons. The molecule has 4 nitrogen and oxygen atoms in total. The van der Waals surface area contributed by atoms with Crippen LogP contribution in [0.1, 0.15) is 44.8 Å². The fraction of sp³-hybridized carbons (Fsp3) is 0.296. The van der Waals surface area contributed by atoms with E-state index in [4.69, 9.17) is 9.47 Å². The van der Waals surface area contributed by atoms with Crippen LogP contribution in [0, 0.1) is 0 Å². The van der Waals surface area contributed by atoms with E-state index < -0.39 is 18.9 Å². The number of carbonyl (C=O) groups is 1. The summed E-state index contributed by atoms with van der Waals surface area (Å²) >= 11 is 0. The number of methoxy groups -OCH3 is 1. The Balaban J connectivity index is 2.22. The number of ether oxygens (including phenoxy) is 2. The highest BCUT2D eigenvalue weighted by molar-refractivity contribution is 7.79. The molecule has 0 spiro atoms.